The summed E-state index contributed by atoms with van der Waals surface area (Å²) in [5, 5.41) is 9.04. The summed E-state index contributed by atoms with van der Waals surface area (Å²) in [5.41, 5.74) is 2.99. The molecule has 156 valence electrons. The summed E-state index contributed by atoms with van der Waals surface area (Å²) in [6.45, 7) is 7.14. The van der Waals surface area contributed by atoms with Gasteiger partial charge in [0.15, 0.2) is 11.6 Å². The fraction of sp³-hybridized carbons (Fsp3) is 0.500. The van der Waals surface area contributed by atoms with E-state index in [1.165, 1.54) is 0 Å². The van der Waals surface area contributed by atoms with E-state index in [2.05, 4.69) is 0 Å². The van der Waals surface area contributed by atoms with Gasteiger partial charge in [0, 0.05) is 23.3 Å². The number of aliphatic hydroxyl groups excluding tert-OH is 1. The summed E-state index contributed by atoms with van der Waals surface area (Å²) in [7, 11) is 0. The topological polar surface area (TPSA) is 72.8 Å². The van der Waals surface area contributed by atoms with Crippen molar-refractivity contribution >= 4 is 11.6 Å². The van der Waals surface area contributed by atoms with Crippen LogP contribution >= 0.6 is 0 Å². The smallest absolute Gasteiger partial charge is 0.169 e. The molecule has 0 saturated carbocycles. The van der Waals surface area contributed by atoms with E-state index in [4.69, 9.17) is 14.6 Å². The Bertz CT molecular complexity index is 823. The minimum Gasteiger partial charge on any atom is -0.394 e. The lowest BCUT2D eigenvalue weighted by Crippen LogP contribution is -2.37. The van der Waals surface area contributed by atoms with E-state index in [1.807, 2.05) is 51.1 Å². The first-order valence-corrected chi connectivity index (χ1v) is 10.2. The summed E-state index contributed by atoms with van der Waals surface area (Å²) in [5.74, 6) is -0.248. The molecular formula is C24H30O5. The lowest BCUT2D eigenvalue weighted by atomic mass is 9.64. The van der Waals surface area contributed by atoms with Crippen LogP contribution in [-0.4, -0.2) is 43.1 Å². The molecule has 0 radical (unpaired) electrons. The number of benzene rings is 1. The molecule has 0 fully saturated rings. The number of Topliss-reactive ketones (excluding diaryl/α,β-unsaturated/α-hetero) is 1. The molecule has 5 heteroatoms. The van der Waals surface area contributed by atoms with Crippen LogP contribution in [0.5, 0.6) is 0 Å². The summed E-state index contributed by atoms with van der Waals surface area (Å²) in [6.07, 6.45) is 1.93. The fourth-order valence-electron chi connectivity index (χ4n) is 5.01. The van der Waals surface area contributed by atoms with Gasteiger partial charge in [0.25, 0.3) is 0 Å². The molecule has 29 heavy (non-hydrogen) atoms. The summed E-state index contributed by atoms with van der Waals surface area (Å²) >= 11 is 0. The number of hydrogen-bond donors (Lipinski definition) is 1. The van der Waals surface area contributed by atoms with Crippen LogP contribution in [0, 0.1) is 17.3 Å². The van der Waals surface area contributed by atoms with E-state index in [9.17, 15) is 9.59 Å². The highest BCUT2D eigenvalue weighted by Gasteiger charge is 2.54. The van der Waals surface area contributed by atoms with Gasteiger partial charge in [0.05, 0.1) is 39.0 Å². The Labute approximate surface area is 172 Å². The van der Waals surface area contributed by atoms with Gasteiger partial charge in [-0.2, -0.15) is 0 Å². The number of fused-ring (bicyclic) bond motifs is 1. The zero-order valence-corrected chi connectivity index (χ0v) is 17.4. The van der Waals surface area contributed by atoms with Crippen molar-refractivity contribution in [3.05, 3.63) is 58.7 Å². The van der Waals surface area contributed by atoms with Crippen molar-refractivity contribution in [2.75, 3.05) is 26.4 Å². The highest BCUT2D eigenvalue weighted by molar-refractivity contribution is 6.07. The molecule has 0 spiro atoms. The van der Waals surface area contributed by atoms with E-state index in [-0.39, 0.29) is 43.2 Å². The van der Waals surface area contributed by atoms with Crippen LogP contribution in [-0.2, 0) is 25.7 Å². The normalized spacial score (nSPS) is 25.2. The fourth-order valence-corrected chi connectivity index (χ4v) is 5.01. The van der Waals surface area contributed by atoms with Crippen molar-refractivity contribution in [1.29, 1.82) is 0 Å². The molecule has 1 aromatic carbocycles. The number of carbonyl (C=O) groups is 2. The third kappa shape index (κ3) is 4.42. The third-order valence-electron chi connectivity index (χ3n) is 5.98. The molecule has 5 nitrogen and oxygen atoms in total. The van der Waals surface area contributed by atoms with Gasteiger partial charge in [-0.15, -0.1) is 0 Å². The zero-order valence-electron chi connectivity index (χ0n) is 17.4. The lowest BCUT2D eigenvalue weighted by Gasteiger charge is -2.38. The van der Waals surface area contributed by atoms with Crippen LogP contribution in [0.15, 0.2) is 53.1 Å². The van der Waals surface area contributed by atoms with Crippen LogP contribution in [0.2, 0.25) is 0 Å². The summed E-state index contributed by atoms with van der Waals surface area (Å²) in [4.78, 5) is 25.6. The van der Waals surface area contributed by atoms with Gasteiger partial charge in [0.2, 0.25) is 0 Å². The minimum absolute atomic E-state index is 0.0240. The first kappa shape index (κ1) is 21.6. The monoisotopic (exact) mass is 398 g/mol. The summed E-state index contributed by atoms with van der Waals surface area (Å²) in [6, 6.07) is 9.96. The zero-order chi connectivity index (χ0) is 21.0. The van der Waals surface area contributed by atoms with E-state index < -0.39 is 5.41 Å². The largest absolute Gasteiger partial charge is 0.394 e. The van der Waals surface area contributed by atoms with Crippen LogP contribution in [0.3, 0.4) is 0 Å². The average molecular weight is 398 g/mol. The Hall–Kier alpha value is -2.08. The standard InChI is InChI=1S/C24H30O5/c1-16-11-19(26)12-24(3)21(20(15-28-10-9-25)23(27)22(16)24)17(2)13-29-14-18-7-5-4-6-8-18/h4-8,11,17,22,25H,9-10,12-15H2,1-3H3/t17?,22?,24-/m1/s1. The number of hydrogen-bond acceptors (Lipinski definition) is 5. The van der Waals surface area contributed by atoms with Crippen molar-refractivity contribution in [3.8, 4) is 0 Å². The molecule has 2 aliphatic rings. The third-order valence-corrected chi connectivity index (χ3v) is 5.98. The first-order valence-electron chi connectivity index (χ1n) is 10.2. The number of aliphatic hydroxyl groups is 1. The molecule has 3 atom stereocenters. The first-order chi connectivity index (χ1) is 13.9. The second kappa shape index (κ2) is 9.16. The Balaban J connectivity index is 1.84. The molecule has 0 aromatic heterocycles. The maximum Gasteiger partial charge on any atom is 0.169 e. The van der Waals surface area contributed by atoms with Crippen LogP contribution in [0.25, 0.3) is 0 Å². The Morgan fingerprint density at radius 2 is 1.90 bits per heavy atom. The molecule has 1 N–H and O–H groups in total. The highest BCUT2D eigenvalue weighted by atomic mass is 16.5. The van der Waals surface area contributed by atoms with E-state index in [1.54, 1.807) is 6.08 Å². The Morgan fingerprint density at radius 3 is 2.59 bits per heavy atom. The molecule has 0 bridgehead atoms. The predicted octanol–water partition coefficient (Wildman–Crippen LogP) is 3.27. The molecular weight excluding hydrogens is 368 g/mol. The van der Waals surface area contributed by atoms with Gasteiger partial charge in [-0.05, 0) is 24.1 Å². The second-order valence-electron chi connectivity index (χ2n) is 8.32. The predicted molar refractivity (Wildman–Crippen MR) is 110 cm³/mol. The van der Waals surface area contributed by atoms with E-state index >= 15 is 0 Å². The SMILES string of the molecule is CC1=CC(=O)C[C@]2(C)C(C(C)COCc3ccccc3)=C(COCCO)C(=O)C12. The van der Waals surface area contributed by atoms with Gasteiger partial charge in [-0.1, -0.05) is 49.8 Å². The maximum absolute atomic E-state index is 13.3. The Morgan fingerprint density at radius 1 is 1.17 bits per heavy atom. The van der Waals surface area contributed by atoms with Crippen molar-refractivity contribution in [1.82, 2.24) is 0 Å². The highest BCUT2D eigenvalue weighted by Crippen LogP contribution is 2.55. The molecule has 0 aliphatic heterocycles. The molecule has 3 rings (SSSR count). The average Bonchev–Trinajstić information content (AvgIpc) is 2.89. The van der Waals surface area contributed by atoms with Crippen molar-refractivity contribution in [2.24, 2.45) is 17.3 Å². The number of rotatable bonds is 9. The Kier molecular flexibility index (Phi) is 6.83. The number of ether oxygens (including phenoxy) is 2. The number of carbonyl (C=O) groups excluding carboxylic acids is 2. The van der Waals surface area contributed by atoms with E-state index in [0.29, 0.717) is 25.2 Å². The van der Waals surface area contributed by atoms with Gasteiger partial charge < -0.3 is 14.6 Å². The van der Waals surface area contributed by atoms with Crippen molar-refractivity contribution in [3.63, 3.8) is 0 Å². The number of allylic oxidation sites excluding steroid dienone is 2. The van der Waals surface area contributed by atoms with Gasteiger partial charge in [-0.3, -0.25) is 9.59 Å². The molecule has 1 aromatic rings. The van der Waals surface area contributed by atoms with Crippen molar-refractivity contribution in [2.45, 2.75) is 33.8 Å². The summed E-state index contributed by atoms with van der Waals surface area (Å²) < 4.78 is 11.5. The molecule has 0 saturated heterocycles. The molecule has 2 aliphatic carbocycles. The van der Waals surface area contributed by atoms with Crippen LogP contribution < -0.4 is 0 Å². The van der Waals surface area contributed by atoms with Crippen LogP contribution in [0.4, 0.5) is 0 Å². The van der Waals surface area contributed by atoms with E-state index in [0.717, 1.165) is 16.7 Å². The van der Waals surface area contributed by atoms with Gasteiger partial charge in [0.1, 0.15) is 0 Å². The van der Waals surface area contributed by atoms with Crippen LogP contribution in [0.1, 0.15) is 32.8 Å². The van der Waals surface area contributed by atoms with Gasteiger partial charge in [-0.25, -0.2) is 0 Å². The molecule has 0 amide bonds. The maximum atomic E-state index is 13.3. The van der Waals surface area contributed by atoms with Crippen molar-refractivity contribution < 1.29 is 24.2 Å². The number of ketones is 2. The quantitative estimate of drug-likeness (QED) is 0.647. The second-order valence-corrected chi connectivity index (χ2v) is 8.32. The van der Waals surface area contributed by atoms with Gasteiger partial charge >= 0.3 is 0 Å². The molecule has 2 unspecified atom stereocenters. The molecule has 0 heterocycles. The minimum atomic E-state index is -0.541. The lowest BCUT2D eigenvalue weighted by molar-refractivity contribution is -0.122.